The van der Waals surface area contributed by atoms with Crippen LogP contribution in [0, 0.1) is 17.5 Å². The van der Waals surface area contributed by atoms with Gasteiger partial charge < -0.3 is 5.32 Å². The van der Waals surface area contributed by atoms with Crippen LogP contribution in [0.4, 0.5) is 13.2 Å². The Labute approximate surface area is 121 Å². The summed E-state index contributed by atoms with van der Waals surface area (Å²) < 4.78 is 39.6. The monoisotopic (exact) mass is 343 g/mol. The molecule has 0 spiro atoms. The Hall–Kier alpha value is -1.82. The Morgan fingerprint density at radius 2 is 1.80 bits per heavy atom. The summed E-state index contributed by atoms with van der Waals surface area (Å²) >= 11 is 2.98. The second kappa shape index (κ2) is 6.09. The molecule has 2 aromatic carbocycles. The summed E-state index contributed by atoms with van der Waals surface area (Å²) in [6, 6.07) is 6.99. The van der Waals surface area contributed by atoms with Gasteiger partial charge in [0.15, 0.2) is 0 Å². The van der Waals surface area contributed by atoms with Crippen molar-refractivity contribution in [2.75, 3.05) is 0 Å². The average Bonchev–Trinajstić information content (AvgIpc) is 2.40. The van der Waals surface area contributed by atoms with Crippen molar-refractivity contribution in [2.24, 2.45) is 0 Å². The Morgan fingerprint density at radius 3 is 2.45 bits per heavy atom. The maximum Gasteiger partial charge on any atom is 0.251 e. The van der Waals surface area contributed by atoms with E-state index < -0.39 is 23.4 Å². The molecule has 20 heavy (non-hydrogen) atoms. The summed E-state index contributed by atoms with van der Waals surface area (Å²) in [6.07, 6.45) is 0. The van der Waals surface area contributed by atoms with E-state index in [1.165, 1.54) is 18.2 Å². The van der Waals surface area contributed by atoms with Gasteiger partial charge in [0.1, 0.15) is 17.5 Å². The van der Waals surface area contributed by atoms with Crippen molar-refractivity contribution in [3.05, 3.63) is 69.4 Å². The van der Waals surface area contributed by atoms with E-state index >= 15 is 0 Å². The highest BCUT2D eigenvalue weighted by Gasteiger charge is 2.10. The minimum Gasteiger partial charge on any atom is -0.348 e. The van der Waals surface area contributed by atoms with Gasteiger partial charge in [0.25, 0.3) is 5.91 Å². The minimum atomic E-state index is -0.743. The molecule has 0 aliphatic carbocycles. The third-order valence-corrected chi connectivity index (χ3v) is 3.28. The van der Waals surface area contributed by atoms with Gasteiger partial charge >= 0.3 is 0 Å². The highest BCUT2D eigenvalue weighted by molar-refractivity contribution is 9.10. The average molecular weight is 344 g/mol. The number of halogens is 4. The SMILES string of the molecule is O=C(NCc1ccc(F)cc1F)c1ccc(Br)c(F)c1. The quantitative estimate of drug-likeness (QED) is 0.902. The van der Waals surface area contributed by atoms with Crippen LogP contribution >= 0.6 is 15.9 Å². The highest BCUT2D eigenvalue weighted by atomic mass is 79.9. The first kappa shape index (κ1) is 14.6. The lowest BCUT2D eigenvalue weighted by Gasteiger charge is -2.07. The molecular formula is C14H9BrF3NO. The van der Waals surface area contributed by atoms with E-state index in [4.69, 9.17) is 0 Å². The number of rotatable bonds is 3. The fourth-order valence-corrected chi connectivity index (χ4v) is 1.83. The highest BCUT2D eigenvalue weighted by Crippen LogP contribution is 2.16. The molecule has 104 valence electrons. The topological polar surface area (TPSA) is 29.1 Å². The molecule has 0 radical (unpaired) electrons. The zero-order valence-electron chi connectivity index (χ0n) is 10.1. The van der Waals surface area contributed by atoms with E-state index in [1.807, 2.05) is 0 Å². The molecule has 0 unspecified atom stereocenters. The Bertz CT molecular complexity index is 661. The largest absolute Gasteiger partial charge is 0.348 e. The van der Waals surface area contributed by atoms with Gasteiger partial charge in [-0.05, 0) is 40.2 Å². The van der Waals surface area contributed by atoms with Crippen LogP contribution in [0.3, 0.4) is 0 Å². The predicted molar refractivity (Wildman–Crippen MR) is 71.6 cm³/mol. The van der Waals surface area contributed by atoms with Gasteiger partial charge in [-0.25, -0.2) is 13.2 Å². The number of carbonyl (C=O) groups is 1. The molecule has 0 aliphatic heterocycles. The van der Waals surface area contributed by atoms with E-state index in [-0.39, 0.29) is 22.1 Å². The van der Waals surface area contributed by atoms with Gasteiger partial charge in [-0.15, -0.1) is 0 Å². The molecule has 2 nitrogen and oxygen atoms in total. The summed E-state index contributed by atoms with van der Waals surface area (Å²) in [5, 5.41) is 2.44. The maximum atomic E-state index is 13.4. The van der Waals surface area contributed by atoms with Gasteiger partial charge in [0.2, 0.25) is 0 Å². The molecule has 6 heteroatoms. The lowest BCUT2D eigenvalue weighted by Crippen LogP contribution is -2.23. The molecule has 0 fully saturated rings. The predicted octanol–water partition coefficient (Wildman–Crippen LogP) is 3.80. The summed E-state index contributed by atoms with van der Waals surface area (Å²) in [5.41, 5.74) is 0.269. The smallest absolute Gasteiger partial charge is 0.251 e. The Balaban J connectivity index is 2.06. The van der Waals surface area contributed by atoms with Crippen LogP contribution in [0.25, 0.3) is 0 Å². The van der Waals surface area contributed by atoms with Crippen molar-refractivity contribution in [2.45, 2.75) is 6.54 Å². The molecule has 2 aromatic rings. The standard InChI is InChI=1S/C14H9BrF3NO/c15-11-4-2-8(5-13(11)18)14(20)19-7-9-1-3-10(16)6-12(9)17/h1-6H,7H2,(H,19,20). The van der Waals surface area contributed by atoms with Gasteiger partial charge in [-0.1, -0.05) is 6.07 Å². The van der Waals surface area contributed by atoms with Gasteiger partial charge in [0, 0.05) is 23.7 Å². The van der Waals surface area contributed by atoms with E-state index in [9.17, 15) is 18.0 Å². The molecule has 0 heterocycles. The van der Waals surface area contributed by atoms with Crippen molar-refractivity contribution in [1.29, 1.82) is 0 Å². The lowest BCUT2D eigenvalue weighted by molar-refractivity contribution is 0.0950. The van der Waals surface area contributed by atoms with Crippen molar-refractivity contribution < 1.29 is 18.0 Å². The Kier molecular flexibility index (Phi) is 4.44. The molecule has 0 saturated heterocycles. The minimum absolute atomic E-state index is 0.109. The van der Waals surface area contributed by atoms with Gasteiger partial charge in [-0.2, -0.15) is 0 Å². The fraction of sp³-hybridized carbons (Fsp3) is 0.0714. The van der Waals surface area contributed by atoms with Crippen LogP contribution in [0.2, 0.25) is 0 Å². The number of benzene rings is 2. The summed E-state index contributed by atoms with van der Waals surface area (Å²) in [5.74, 6) is -2.54. The van der Waals surface area contributed by atoms with Gasteiger partial charge in [-0.3, -0.25) is 4.79 Å². The Morgan fingerprint density at radius 1 is 1.05 bits per heavy atom. The van der Waals surface area contributed by atoms with Crippen LogP contribution in [-0.4, -0.2) is 5.91 Å². The molecule has 0 aliphatic rings. The van der Waals surface area contributed by atoms with Crippen molar-refractivity contribution in [3.8, 4) is 0 Å². The second-order valence-electron chi connectivity index (χ2n) is 4.05. The van der Waals surface area contributed by atoms with Crippen LogP contribution in [-0.2, 0) is 6.54 Å². The van der Waals surface area contributed by atoms with Crippen LogP contribution in [0.15, 0.2) is 40.9 Å². The summed E-state index contributed by atoms with van der Waals surface area (Å²) in [7, 11) is 0. The number of nitrogens with one attached hydrogen (secondary N) is 1. The van der Waals surface area contributed by atoms with Crippen LogP contribution in [0.5, 0.6) is 0 Å². The number of hydrogen-bond acceptors (Lipinski definition) is 1. The maximum absolute atomic E-state index is 13.4. The van der Waals surface area contributed by atoms with E-state index in [0.717, 1.165) is 18.2 Å². The summed E-state index contributed by atoms with van der Waals surface area (Å²) in [4.78, 5) is 11.8. The van der Waals surface area contributed by atoms with Crippen LogP contribution < -0.4 is 5.32 Å². The normalized spacial score (nSPS) is 10.4. The van der Waals surface area contributed by atoms with Crippen molar-refractivity contribution in [1.82, 2.24) is 5.32 Å². The first-order valence-electron chi connectivity index (χ1n) is 5.64. The van der Waals surface area contributed by atoms with Gasteiger partial charge in [0.05, 0.1) is 4.47 Å². The third kappa shape index (κ3) is 3.39. The molecular weight excluding hydrogens is 335 g/mol. The van der Waals surface area contributed by atoms with E-state index in [2.05, 4.69) is 21.2 Å². The number of hydrogen-bond donors (Lipinski definition) is 1. The third-order valence-electron chi connectivity index (χ3n) is 2.64. The molecule has 1 N–H and O–H groups in total. The van der Waals surface area contributed by atoms with Crippen LogP contribution in [0.1, 0.15) is 15.9 Å². The van der Waals surface area contributed by atoms with E-state index in [1.54, 1.807) is 0 Å². The number of amides is 1. The molecule has 0 bridgehead atoms. The summed E-state index contributed by atoms with van der Waals surface area (Å²) in [6.45, 7) is -0.109. The second-order valence-corrected chi connectivity index (χ2v) is 4.90. The number of carbonyl (C=O) groups excluding carboxylic acids is 1. The molecule has 2 rings (SSSR count). The lowest BCUT2D eigenvalue weighted by atomic mass is 10.2. The van der Waals surface area contributed by atoms with Crippen molar-refractivity contribution >= 4 is 21.8 Å². The molecule has 0 atom stereocenters. The fourth-order valence-electron chi connectivity index (χ4n) is 1.58. The molecule has 0 saturated carbocycles. The van der Waals surface area contributed by atoms with E-state index in [0.29, 0.717) is 0 Å². The first-order valence-corrected chi connectivity index (χ1v) is 6.44. The first-order chi connectivity index (χ1) is 9.47. The zero-order chi connectivity index (χ0) is 14.7. The molecule has 1 amide bonds. The molecule has 0 aromatic heterocycles. The van der Waals surface area contributed by atoms with Crippen molar-refractivity contribution in [3.63, 3.8) is 0 Å². The zero-order valence-corrected chi connectivity index (χ0v) is 11.7.